The van der Waals surface area contributed by atoms with Crippen molar-refractivity contribution in [2.24, 2.45) is 0 Å². The Kier molecular flexibility index (Phi) is 5.49. The standard InChI is InChI=1S/C19H19FN4O2S2/c20-16-5-3-15(4-6-16)18-14-27-19(22-18)13-23-8-10-24(11-9-23)28(25,26)17-2-1-7-21-12-17/h1-7,12,14H,8-11,13H2. The summed E-state index contributed by atoms with van der Waals surface area (Å²) in [5.41, 5.74) is 1.72. The molecule has 2 aromatic heterocycles. The van der Waals surface area contributed by atoms with Crippen LogP contribution in [0.4, 0.5) is 4.39 Å². The molecule has 0 unspecified atom stereocenters. The van der Waals surface area contributed by atoms with E-state index in [0.717, 1.165) is 16.3 Å². The zero-order valence-electron chi connectivity index (χ0n) is 15.0. The van der Waals surface area contributed by atoms with Crippen LogP contribution in [0, 0.1) is 5.82 Å². The Morgan fingerprint density at radius 3 is 2.50 bits per heavy atom. The molecule has 0 bridgehead atoms. The third-order valence-electron chi connectivity index (χ3n) is 4.65. The van der Waals surface area contributed by atoms with E-state index in [1.165, 1.54) is 22.6 Å². The number of sulfonamides is 1. The molecule has 1 fully saturated rings. The van der Waals surface area contributed by atoms with Crippen LogP contribution in [0.5, 0.6) is 0 Å². The van der Waals surface area contributed by atoms with E-state index in [1.807, 2.05) is 5.38 Å². The molecule has 3 aromatic rings. The van der Waals surface area contributed by atoms with Gasteiger partial charge in [0.25, 0.3) is 0 Å². The quantitative estimate of drug-likeness (QED) is 0.637. The van der Waals surface area contributed by atoms with Gasteiger partial charge >= 0.3 is 0 Å². The molecule has 1 aliphatic heterocycles. The minimum absolute atomic E-state index is 0.229. The molecule has 3 heterocycles. The highest BCUT2D eigenvalue weighted by atomic mass is 32.2. The largest absolute Gasteiger partial charge is 0.294 e. The van der Waals surface area contributed by atoms with Crippen LogP contribution in [0.15, 0.2) is 59.1 Å². The van der Waals surface area contributed by atoms with E-state index in [4.69, 9.17) is 0 Å². The van der Waals surface area contributed by atoms with Crippen LogP contribution in [0.3, 0.4) is 0 Å². The summed E-state index contributed by atoms with van der Waals surface area (Å²) in [5, 5.41) is 2.92. The van der Waals surface area contributed by atoms with Gasteiger partial charge in [-0.05, 0) is 36.4 Å². The number of rotatable bonds is 5. The van der Waals surface area contributed by atoms with Gasteiger partial charge in [-0.3, -0.25) is 9.88 Å². The van der Waals surface area contributed by atoms with Gasteiger partial charge in [0.15, 0.2) is 0 Å². The molecule has 0 atom stereocenters. The molecular formula is C19H19FN4O2S2. The van der Waals surface area contributed by atoms with Gasteiger partial charge in [-0.2, -0.15) is 4.31 Å². The van der Waals surface area contributed by atoms with Crippen LogP contribution in [-0.2, 0) is 16.6 Å². The fraction of sp³-hybridized carbons (Fsp3) is 0.263. The summed E-state index contributed by atoms with van der Waals surface area (Å²) in [6.45, 7) is 2.84. The highest BCUT2D eigenvalue weighted by Gasteiger charge is 2.28. The monoisotopic (exact) mass is 418 g/mol. The predicted octanol–water partition coefficient (Wildman–Crippen LogP) is 2.85. The van der Waals surface area contributed by atoms with E-state index >= 15 is 0 Å². The molecule has 0 N–H and O–H groups in total. The Hall–Kier alpha value is -2.20. The molecular weight excluding hydrogens is 399 g/mol. The number of benzene rings is 1. The Bertz CT molecular complexity index is 1030. The van der Waals surface area contributed by atoms with Crippen molar-refractivity contribution < 1.29 is 12.8 Å². The normalized spacial score (nSPS) is 16.3. The van der Waals surface area contributed by atoms with Crippen molar-refractivity contribution >= 4 is 21.4 Å². The van der Waals surface area contributed by atoms with Gasteiger partial charge < -0.3 is 0 Å². The Morgan fingerprint density at radius 1 is 1.07 bits per heavy atom. The fourth-order valence-electron chi connectivity index (χ4n) is 3.10. The number of hydrogen-bond acceptors (Lipinski definition) is 6. The maximum Gasteiger partial charge on any atom is 0.244 e. The zero-order chi connectivity index (χ0) is 19.6. The Balaban J connectivity index is 1.37. The lowest BCUT2D eigenvalue weighted by molar-refractivity contribution is 0.181. The average Bonchev–Trinajstić information content (AvgIpc) is 3.18. The molecule has 4 rings (SSSR count). The molecule has 6 nitrogen and oxygen atoms in total. The molecule has 1 aliphatic rings. The van der Waals surface area contributed by atoms with Crippen LogP contribution in [0.2, 0.25) is 0 Å². The van der Waals surface area contributed by atoms with E-state index < -0.39 is 10.0 Å². The summed E-state index contributed by atoms with van der Waals surface area (Å²) in [7, 11) is -3.49. The summed E-state index contributed by atoms with van der Waals surface area (Å²) in [4.78, 5) is 11.0. The second-order valence-corrected chi connectivity index (χ2v) is 9.38. The Morgan fingerprint density at radius 2 is 1.82 bits per heavy atom. The van der Waals surface area contributed by atoms with Gasteiger partial charge in [-0.15, -0.1) is 11.3 Å². The molecule has 0 aliphatic carbocycles. The number of piperazine rings is 1. The summed E-state index contributed by atoms with van der Waals surface area (Å²) < 4.78 is 39.9. The van der Waals surface area contributed by atoms with Gasteiger partial charge in [0, 0.05) is 49.5 Å². The number of nitrogens with zero attached hydrogens (tertiary/aromatic N) is 4. The van der Waals surface area contributed by atoms with E-state index in [1.54, 1.807) is 41.8 Å². The zero-order valence-corrected chi connectivity index (χ0v) is 16.7. The number of hydrogen-bond donors (Lipinski definition) is 0. The van der Waals surface area contributed by atoms with Gasteiger partial charge in [-0.1, -0.05) is 0 Å². The van der Waals surface area contributed by atoms with Gasteiger partial charge in [0.1, 0.15) is 15.7 Å². The third kappa shape index (κ3) is 4.12. The summed E-state index contributed by atoms with van der Waals surface area (Å²) in [6.07, 6.45) is 2.94. The molecule has 1 saturated heterocycles. The lowest BCUT2D eigenvalue weighted by atomic mass is 10.2. The van der Waals surface area contributed by atoms with Crippen LogP contribution < -0.4 is 0 Å². The van der Waals surface area contributed by atoms with Crippen LogP contribution in [-0.4, -0.2) is 53.8 Å². The van der Waals surface area contributed by atoms with Crippen molar-refractivity contribution in [2.45, 2.75) is 11.4 Å². The third-order valence-corrected chi connectivity index (χ3v) is 7.37. The minimum atomic E-state index is -3.49. The maximum atomic E-state index is 13.1. The number of pyridine rings is 1. The molecule has 0 saturated carbocycles. The molecule has 28 heavy (non-hydrogen) atoms. The topological polar surface area (TPSA) is 66.4 Å². The van der Waals surface area contributed by atoms with Gasteiger partial charge in [0.05, 0.1) is 12.2 Å². The van der Waals surface area contributed by atoms with E-state index in [9.17, 15) is 12.8 Å². The van der Waals surface area contributed by atoms with Gasteiger partial charge in [-0.25, -0.2) is 17.8 Å². The lowest BCUT2D eigenvalue weighted by Crippen LogP contribution is -2.48. The molecule has 1 aromatic carbocycles. The van der Waals surface area contributed by atoms with Crippen LogP contribution in [0.25, 0.3) is 11.3 Å². The first-order valence-electron chi connectivity index (χ1n) is 8.85. The fourth-order valence-corrected chi connectivity index (χ4v) is 5.34. The van der Waals surface area contributed by atoms with Crippen LogP contribution in [0.1, 0.15) is 5.01 Å². The maximum absolute atomic E-state index is 13.1. The molecule has 0 radical (unpaired) electrons. The smallest absolute Gasteiger partial charge is 0.244 e. The average molecular weight is 419 g/mol. The summed E-state index contributed by atoms with van der Waals surface area (Å²) >= 11 is 1.56. The van der Waals surface area contributed by atoms with Crippen molar-refractivity contribution in [3.63, 3.8) is 0 Å². The SMILES string of the molecule is O=S(=O)(c1cccnc1)N1CCN(Cc2nc(-c3ccc(F)cc3)cs2)CC1. The highest BCUT2D eigenvalue weighted by molar-refractivity contribution is 7.89. The number of aromatic nitrogens is 2. The number of thiazole rings is 1. The molecule has 0 spiro atoms. The van der Waals surface area contributed by atoms with Gasteiger partial charge in [0.2, 0.25) is 10.0 Å². The lowest BCUT2D eigenvalue weighted by Gasteiger charge is -2.33. The molecule has 146 valence electrons. The van der Waals surface area contributed by atoms with Crippen molar-refractivity contribution in [2.75, 3.05) is 26.2 Å². The first kappa shape index (κ1) is 19.1. The first-order valence-corrected chi connectivity index (χ1v) is 11.2. The molecule has 0 amide bonds. The predicted molar refractivity (Wildman–Crippen MR) is 106 cm³/mol. The van der Waals surface area contributed by atoms with E-state index in [0.29, 0.717) is 32.7 Å². The van der Waals surface area contributed by atoms with Crippen molar-refractivity contribution in [1.82, 2.24) is 19.2 Å². The van der Waals surface area contributed by atoms with Crippen LogP contribution >= 0.6 is 11.3 Å². The summed E-state index contributed by atoms with van der Waals surface area (Å²) in [5.74, 6) is -0.265. The summed E-state index contributed by atoms with van der Waals surface area (Å²) in [6, 6.07) is 9.49. The second-order valence-electron chi connectivity index (χ2n) is 6.50. The van der Waals surface area contributed by atoms with Crippen molar-refractivity contribution in [3.05, 3.63) is 65.0 Å². The highest BCUT2D eigenvalue weighted by Crippen LogP contribution is 2.24. The van der Waals surface area contributed by atoms with E-state index in [-0.39, 0.29) is 10.7 Å². The Labute approximate surface area is 167 Å². The second kappa shape index (κ2) is 8.04. The first-order chi connectivity index (χ1) is 13.5. The minimum Gasteiger partial charge on any atom is -0.294 e. The van der Waals surface area contributed by atoms with E-state index in [2.05, 4.69) is 14.9 Å². The van der Waals surface area contributed by atoms with Crippen molar-refractivity contribution in [3.8, 4) is 11.3 Å². The number of halogens is 1. The molecule has 9 heteroatoms. The van der Waals surface area contributed by atoms with Crippen molar-refractivity contribution in [1.29, 1.82) is 0 Å².